The van der Waals surface area contributed by atoms with Crippen molar-refractivity contribution in [3.05, 3.63) is 29.8 Å². The molecule has 0 amide bonds. The standard InChI is InChI=1S/C17H27NO/c1-16(14-9-8-10-15(13-14)19-4)11-6-5-7-12-17(16,2)18-3/h8-10,13,18H,5-7,11-12H2,1-4H3. The molecule has 2 nitrogen and oxygen atoms in total. The third kappa shape index (κ3) is 2.51. The van der Waals surface area contributed by atoms with Crippen LogP contribution in [0.2, 0.25) is 0 Å². The van der Waals surface area contributed by atoms with E-state index in [0.717, 1.165) is 5.75 Å². The second-order valence-electron chi connectivity index (χ2n) is 6.21. The van der Waals surface area contributed by atoms with E-state index in [9.17, 15) is 0 Å². The third-order valence-corrected chi connectivity index (χ3v) is 5.33. The highest BCUT2D eigenvalue weighted by atomic mass is 16.5. The summed E-state index contributed by atoms with van der Waals surface area (Å²) in [6, 6.07) is 8.60. The van der Waals surface area contributed by atoms with E-state index >= 15 is 0 Å². The lowest BCUT2D eigenvalue weighted by atomic mass is 9.64. The van der Waals surface area contributed by atoms with Crippen LogP contribution in [0, 0.1) is 0 Å². The smallest absolute Gasteiger partial charge is 0.119 e. The Labute approximate surface area is 117 Å². The summed E-state index contributed by atoms with van der Waals surface area (Å²) in [5.74, 6) is 0.960. The quantitative estimate of drug-likeness (QED) is 0.833. The van der Waals surface area contributed by atoms with Gasteiger partial charge in [-0.3, -0.25) is 0 Å². The summed E-state index contributed by atoms with van der Waals surface area (Å²) in [6.07, 6.45) is 6.44. The molecule has 2 heteroatoms. The first-order valence-electron chi connectivity index (χ1n) is 7.39. The predicted octanol–water partition coefficient (Wildman–Crippen LogP) is 3.90. The van der Waals surface area contributed by atoms with Crippen LogP contribution in [-0.2, 0) is 5.41 Å². The van der Waals surface area contributed by atoms with Crippen LogP contribution in [0.25, 0.3) is 0 Å². The molecule has 1 saturated carbocycles. The van der Waals surface area contributed by atoms with Crippen LogP contribution in [-0.4, -0.2) is 19.7 Å². The summed E-state index contributed by atoms with van der Waals surface area (Å²) in [4.78, 5) is 0. The van der Waals surface area contributed by atoms with E-state index in [1.165, 1.54) is 37.7 Å². The number of hydrogen-bond donors (Lipinski definition) is 1. The molecule has 19 heavy (non-hydrogen) atoms. The van der Waals surface area contributed by atoms with Gasteiger partial charge in [0.15, 0.2) is 0 Å². The lowest BCUT2D eigenvalue weighted by Crippen LogP contribution is -2.55. The molecular formula is C17H27NO. The average molecular weight is 261 g/mol. The van der Waals surface area contributed by atoms with E-state index in [0.29, 0.717) is 0 Å². The fraction of sp³-hybridized carbons (Fsp3) is 0.647. The summed E-state index contributed by atoms with van der Waals surface area (Å²) in [6.45, 7) is 4.78. The molecule has 1 aromatic carbocycles. The first-order chi connectivity index (χ1) is 9.05. The molecule has 1 fully saturated rings. The highest BCUT2D eigenvalue weighted by Crippen LogP contribution is 2.45. The van der Waals surface area contributed by atoms with E-state index < -0.39 is 0 Å². The molecule has 0 radical (unpaired) electrons. The van der Waals surface area contributed by atoms with E-state index in [-0.39, 0.29) is 11.0 Å². The first-order valence-corrected chi connectivity index (χ1v) is 7.39. The Morgan fingerprint density at radius 1 is 1.11 bits per heavy atom. The Bertz CT molecular complexity index is 431. The van der Waals surface area contributed by atoms with Crippen molar-refractivity contribution in [2.75, 3.05) is 14.2 Å². The normalized spacial score (nSPS) is 31.8. The Morgan fingerprint density at radius 2 is 1.84 bits per heavy atom. The molecule has 0 spiro atoms. The highest BCUT2D eigenvalue weighted by Gasteiger charge is 2.45. The molecule has 0 heterocycles. The highest BCUT2D eigenvalue weighted by molar-refractivity contribution is 5.36. The zero-order valence-electron chi connectivity index (χ0n) is 12.8. The van der Waals surface area contributed by atoms with E-state index in [4.69, 9.17) is 4.74 Å². The second-order valence-corrected chi connectivity index (χ2v) is 6.21. The largest absolute Gasteiger partial charge is 0.497 e. The number of likely N-dealkylation sites (N-methyl/N-ethyl adjacent to an activating group) is 1. The number of ether oxygens (including phenoxy) is 1. The van der Waals surface area contributed by atoms with Gasteiger partial charge >= 0.3 is 0 Å². The molecule has 1 N–H and O–H groups in total. The van der Waals surface area contributed by atoms with Crippen LogP contribution in [0.3, 0.4) is 0 Å². The summed E-state index contributed by atoms with van der Waals surface area (Å²) < 4.78 is 5.40. The maximum atomic E-state index is 5.40. The molecule has 0 saturated heterocycles. The Morgan fingerprint density at radius 3 is 2.53 bits per heavy atom. The molecule has 1 aliphatic carbocycles. The van der Waals surface area contributed by atoms with E-state index in [1.807, 2.05) is 6.07 Å². The van der Waals surface area contributed by atoms with Gasteiger partial charge in [-0.05, 0) is 44.5 Å². The minimum absolute atomic E-state index is 0.149. The number of rotatable bonds is 3. The van der Waals surface area contributed by atoms with Crippen LogP contribution in [0.5, 0.6) is 5.75 Å². The van der Waals surface area contributed by atoms with Gasteiger partial charge in [0.05, 0.1) is 7.11 Å². The molecule has 1 aromatic rings. The van der Waals surface area contributed by atoms with Crippen LogP contribution in [0.4, 0.5) is 0 Å². The summed E-state index contributed by atoms with van der Waals surface area (Å²) in [5.41, 5.74) is 1.70. The van der Waals surface area contributed by atoms with E-state index in [1.54, 1.807) is 7.11 Å². The second kappa shape index (κ2) is 5.54. The Hall–Kier alpha value is -1.02. The fourth-order valence-corrected chi connectivity index (χ4v) is 3.52. The van der Waals surface area contributed by atoms with Crippen LogP contribution in [0.15, 0.2) is 24.3 Å². The molecule has 0 aliphatic heterocycles. The van der Waals surface area contributed by atoms with Crippen molar-refractivity contribution in [3.63, 3.8) is 0 Å². The van der Waals surface area contributed by atoms with Crippen molar-refractivity contribution < 1.29 is 4.74 Å². The van der Waals surface area contributed by atoms with Crippen molar-refractivity contribution in [1.82, 2.24) is 5.32 Å². The molecule has 0 bridgehead atoms. The molecule has 2 unspecified atom stereocenters. The van der Waals surface area contributed by atoms with Gasteiger partial charge in [-0.15, -0.1) is 0 Å². The van der Waals surface area contributed by atoms with Gasteiger partial charge in [-0.2, -0.15) is 0 Å². The SMILES string of the molecule is CNC1(C)CCCCCC1(C)c1cccc(OC)c1. The van der Waals surface area contributed by atoms with Crippen molar-refractivity contribution in [2.24, 2.45) is 0 Å². The van der Waals surface area contributed by atoms with Gasteiger partial charge in [0.25, 0.3) is 0 Å². The first kappa shape index (κ1) is 14.4. The number of methoxy groups -OCH3 is 1. The molecule has 106 valence electrons. The molecule has 0 aromatic heterocycles. The maximum absolute atomic E-state index is 5.40. The summed E-state index contributed by atoms with van der Waals surface area (Å²) in [7, 11) is 3.84. The lowest BCUT2D eigenvalue weighted by Gasteiger charge is -2.46. The maximum Gasteiger partial charge on any atom is 0.119 e. The Kier molecular flexibility index (Phi) is 4.19. The molecule has 1 aliphatic rings. The van der Waals surface area contributed by atoms with Gasteiger partial charge in [-0.25, -0.2) is 0 Å². The third-order valence-electron chi connectivity index (χ3n) is 5.33. The van der Waals surface area contributed by atoms with Crippen molar-refractivity contribution in [3.8, 4) is 5.75 Å². The van der Waals surface area contributed by atoms with Crippen molar-refractivity contribution >= 4 is 0 Å². The lowest BCUT2D eigenvalue weighted by molar-refractivity contribution is 0.196. The van der Waals surface area contributed by atoms with Crippen LogP contribution < -0.4 is 10.1 Å². The number of nitrogens with one attached hydrogen (secondary N) is 1. The van der Waals surface area contributed by atoms with Gasteiger partial charge in [-0.1, -0.05) is 38.3 Å². The minimum atomic E-state index is 0.149. The van der Waals surface area contributed by atoms with Crippen molar-refractivity contribution in [1.29, 1.82) is 0 Å². The monoisotopic (exact) mass is 261 g/mol. The van der Waals surface area contributed by atoms with Crippen molar-refractivity contribution in [2.45, 2.75) is 56.9 Å². The summed E-state index contributed by atoms with van der Waals surface area (Å²) in [5, 5.41) is 3.61. The van der Waals surface area contributed by atoms with Crippen LogP contribution in [0.1, 0.15) is 51.5 Å². The fourth-order valence-electron chi connectivity index (χ4n) is 3.52. The number of benzene rings is 1. The van der Waals surface area contributed by atoms with E-state index in [2.05, 4.69) is 44.4 Å². The molecular weight excluding hydrogens is 234 g/mol. The predicted molar refractivity (Wildman–Crippen MR) is 80.9 cm³/mol. The average Bonchev–Trinajstić information content (AvgIpc) is 2.60. The van der Waals surface area contributed by atoms with Gasteiger partial charge < -0.3 is 10.1 Å². The zero-order chi connectivity index (χ0) is 13.9. The van der Waals surface area contributed by atoms with Crippen LogP contribution >= 0.6 is 0 Å². The van der Waals surface area contributed by atoms with Gasteiger partial charge in [0.2, 0.25) is 0 Å². The molecule has 2 rings (SSSR count). The number of hydrogen-bond acceptors (Lipinski definition) is 2. The Balaban J connectivity index is 2.46. The molecule has 2 atom stereocenters. The van der Waals surface area contributed by atoms with Gasteiger partial charge in [0.1, 0.15) is 5.75 Å². The zero-order valence-corrected chi connectivity index (χ0v) is 12.8. The minimum Gasteiger partial charge on any atom is -0.497 e. The van der Waals surface area contributed by atoms with Gasteiger partial charge in [0, 0.05) is 11.0 Å². The topological polar surface area (TPSA) is 21.3 Å². The summed E-state index contributed by atoms with van der Waals surface area (Å²) >= 11 is 0.